The van der Waals surface area contributed by atoms with Crippen molar-refractivity contribution in [2.45, 2.75) is 64.1 Å². The van der Waals surface area contributed by atoms with Crippen LogP contribution in [0.25, 0.3) is 0 Å². The van der Waals surface area contributed by atoms with Gasteiger partial charge in [0.25, 0.3) is 5.91 Å². The predicted molar refractivity (Wildman–Crippen MR) is 168 cm³/mol. The summed E-state index contributed by atoms with van der Waals surface area (Å²) in [5.41, 5.74) is 0.361. The van der Waals surface area contributed by atoms with Gasteiger partial charge < -0.3 is 24.2 Å². The molecule has 4 fully saturated rings. The first-order chi connectivity index (χ1) is 21.6. The summed E-state index contributed by atoms with van der Waals surface area (Å²) in [6.07, 6.45) is 8.17. The van der Waals surface area contributed by atoms with Gasteiger partial charge in [0, 0.05) is 51.2 Å². The molecule has 4 aliphatic heterocycles. The number of piperidine rings is 1. The number of rotatable bonds is 10. The molecule has 2 aromatic rings. The van der Waals surface area contributed by atoms with Gasteiger partial charge in [-0.3, -0.25) is 9.35 Å². The highest BCUT2D eigenvalue weighted by molar-refractivity contribution is 7.76. The Morgan fingerprint density at radius 1 is 1.20 bits per heavy atom. The Balaban J connectivity index is 1.01. The van der Waals surface area contributed by atoms with E-state index >= 15 is 0 Å². The number of halogens is 1. The van der Waals surface area contributed by atoms with Gasteiger partial charge in [-0.25, -0.2) is 23.6 Å². The number of carbonyl (C=O) groups excluding carboxylic acids is 1. The lowest BCUT2D eigenvalue weighted by Crippen LogP contribution is -2.61. The maximum Gasteiger partial charge on any atom is 0.257 e. The van der Waals surface area contributed by atoms with Crippen LogP contribution in [0, 0.1) is 11.2 Å². The van der Waals surface area contributed by atoms with Crippen molar-refractivity contribution in [2.75, 3.05) is 64.4 Å². The number of amides is 1. The zero-order valence-electron chi connectivity index (χ0n) is 26.3. The Bertz CT molecular complexity index is 1370. The Labute approximate surface area is 266 Å². The molecule has 0 radical (unpaired) electrons. The first kappa shape index (κ1) is 32.2. The van der Waals surface area contributed by atoms with E-state index in [4.69, 9.17) is 9.47 Å². The van der Waals surface area contributed by atoms with Gasteiger partial charge >= 0.3 is 0 Å². The number of nitrogens with zero attached hydrogens (tertiary/aromatic N) is 7. The van der Waals surface area contributed by atoms with Gasteiger partial charge in [0.05, 0.1) is 30.5 Å². The molecule has 246 valence electrons. The monoisotopic (exact) mass is 645 g/mol. The number of anilines is 1. The number of hydrogen-bond donors (Lipinski definition) is 1. The highest BCUT2D eigenvalue weighted by Crippen LogP contribution is 2.45. The van der Waals surface area contributed by atoms with Crippen molar-refractivity contribution in [1.29, 1.82) is 0 Å². The zero-order chi connectivity index (χ0) is 31.7. The van der Waals surface area contributed by atoms with E-state index in [2.05, 4.69) is 19.8 Å². The molecule has 4 saturated heterocycles. The van der Waals surface area contributed by atoms with Crippen molar-refractivity contribution in [3.8, 4) is 11.5 Å². The maximum absolute atomic E-state index is 14.2. The largest absolute Gasteiger partial charge is 0.451 e. The van der Waals surface area contributed by atoms with Gasteiger partial charge in [-0.1, -0.05) is 0 Å². The van der Waals surface area contributed by atoms with Crippen LogP contribution in [0.2, 0.25) is 0 Å². The fourth-order valence-electron chi connectivity index (χ4n) is 6.71. The molecule has 1 unspecified atom stereocenters. The van der Waals surface area contributed by atoms with Gasteiger partial charge in [-0.05, 0) is 77.2 Å². The molecule has 45 heavy (non-hydrogen) atoms. The molecule has 0 bridgehead atoms. The Morgan fingerprint density at radius 2 is 1.96 bits per heavy atom. The average molecular weight is 646 g/mol. The van der Waals surface area contributed by atoms with Gasteiger partial charge in [-0.15, -0.1) is 4.41 Å². The van der Waals surface area contributed by atoms with E-state index in [1.165, 1.54) is 24.5 Å². The topological polar surface area (TPSA) is 115 Å². The summed E-state index contributed by atoms with van der Waals surface area (Å²) in [5, 5.41) is 1.96. The molecule has 1 aromatic heterocycles. The molecule has 5 heterocycles. The molecule has 14 heteroatoms. The molecule has 1 amide bonds. The molecule has 1 N–H and O–H groups in total. The van der Waals surface area contributed by atoms with E-state index in [0.29, 0.717) is 18.2 Å². The lowest BCUT2D eigenvalue weighted by molar-refractivity contribution is -0.0996. The summed E-state index contributed by atoms with van der Waals surface area (Å²) in [5.74, 6) is 0.544. The highest BCUT2D eigenvalue weighted by atomic mass is 32.2. The Morgan fingerprint density at radius 3 is 2.58 bits per heavy atom. The van der Waals surface area contributed by atoms with Crippen molar-refractivity contribution < 1.29 is 27.4 Å². The molecule has 0 saturated carbocycles. The quantitative estimate of drug-likeness (QED) is 0.386. The third kappa shape index (κ3) is 7.00. The normalized spacial score (nSPS) is 24.4. The first-order valence-electron chi connectivity index (χ1n) is 15.9. The number of carbonyl (C=O) groups is 1. The van der Waals surface area contributed by atoms with Crippen molar-refractivity contribution >= 4 is 23.0 Å². The predicted octanol–water partition coefficient (Wildman–Crippen LogP) is 3.40. The SMILES string of the molecule is CC(C)N(C)C(=O)c1cc(F)ccc1Oc1cncnc1N1CC2(CCN(C[C@@H]3CC[C@@H](N(N4CCC4)S(=O)O)CO3)CC2)C1. The van der Waals surface area contributed by atoms with Crippen molar-refractivity contribution in [3.63, 3.8) is 0 Å². The minimum Gasteiger partial charge on any atom is -0.451 e. The van der Waals surface area contributed by atoms with E-state index in [9.17, 15) is 17.9 Å². The lowest BCUT2D eigenvalue weighted by Gasteiger charge is -2.54. The van der Waals surface area contributed by atoms with Crippen LogP contribution in [0.15, 0.2) is 30.7 Å². The fourth-order valence-corrected chi connectivity index (χ4v) is 7.49. The summed E-state index contributed by atoms with van der Waals surface area (Å²) in [6, 6.07) is 3.87. The highest BCUT2D eigenvalue weighted by Gasteiger charge is 2.46. The third-order valence-electron chi connectivity index (χ3n) is 9.81. The number of likely N-dealkylation sites (tertiary alicyclic amines) is 1. The van der Waals surface area contributed by atoms with Crippen LogP contribution in [0.5, 0.6) is 11.5 Å². The standard InChI is InChI=1S/C31H44FN7O5S/c1-22(2)35(3)30(40)26-15-23(32)5-8-27(26)44-28-16-33-21-34-29(28)37-19-31(20-37)9-13-36(14-10-31)17-25-7-6-24(18-43-25)39(45(41)42)38-11-4-12-38/h5,8,15-16,21-22,24-25H,4,6-7,9-14,17-20H2,1-3H3,(H,41,42)/t24-,25+/m1/s1. The summed E-state index contributed by atoms with van der Waals surface area (Å²) in [6.45, 7) is 10.5. The second-order valence-electron chi connectivity index (χ2n) is 13.1. The average Bonchev–Trinajstić information content (AvgIpc) is 2.99. The molecule has 4 aliphatic rings. The van der Waals surface area contributed by atoms with Crippen LogP contribution in [-0.2, 0) is 16.0 Å². The molecule has 1 spiro atoms. The van der Waals surface area contributed by atoms with Gasteiger partial charge in [-0.2, -0.15) is 0 Å². The van der Waals surface area contributed by atoms with Crippen LogP contribution in [-0.4, -0.2) is 122 Å². The van der Waals surface area contributed by atoms with Crippen LogP contribution in [0.3, 0.4) is 0 Å². The molecule has 0 aliphatic carbocycles. The fraction of sp³-hybridized carbons (Fsp3) is 0.645. The molecule has 6 rings (SSSR count). The third-order valence-corrected chi connectivity index (χ3v) is 10.7. The van der Waals surface area contributed by atoms with Gasteiger partial charge in [0.2, 0.25) is 11.3 Å². The van der Waals surface area contributed by atoms with Crippen LogP contribution in [0.4, 0.5) is 10.2 Å². The molecular formula is C31H44FN7O5S. The van der Waals surface area contributed by atoms with E-state index in [1.54, 1.807) is 22.6 Å². The second kappa shape index (κ2) is 13.5. The first-order valence-corrected chi connectivity index (χ1v) is 17.0. The van der Waals surface area contributed by atoms with Gasteiger partial charge in [0.15, 0.2) is 11.6 Å². The number of ether oxygens (including phenoxy) is 2. The van der Waals surface area contributed by atoms with Crippen molar-refractivity contribution in [2.24, 2.45) is 5.41 Å². The minimum absolute atomic E-state index is 0.0508. The molecule has 3 atom stereocenters. The number of benzene rings is 1. The molecule has 12 nitrogen and oxygen atoms in total. The smallest absolute Gasteiger partial charge is 0.257 e. The zero-order valence-corrected chi connectivity index (χ0v) is 27.1. The van der Waals surface area contributed by atoms with Gasteiger partial charge in [0.1, 0.15) is 17.9 Å². The van der Waals surface area contributed by atoms with E-state index in [-0.39, 0.29) is 40.8 Å². The maximum atomic E-state index is 14.2. The summed E-state index contributed by atoms with van der Waals surface area (Å²) >= 11 is -2.02. The molecular weight excluding hydrogens is 601 g/mol. The van der Waals surface area contributed by atoms with Crippen molar-refractivity contribution in [3.05, 3.63) is 42.1 Å². The Kier molecular flexibility index (Phi) is 9.69. The summed E-state index contributed by atoms with van der Waals surface area (Å²) in [4.78, 5) is 28.0. The Hall–Kier alpha value is -2.75. The second-order valence-corrected chi connectivity index (χ2v) is 14.0. The van der Waals surface area contributed by atoms with Crippen molar-refractivity contribution in [1.82, 2.24) is 29.2 Å². The summed E-state index contributed by atoms with van der Waals surface area (Å²) in [7, 11) is 1.69. The van der Waals surface area contributed by atoms with E-state index in [0.717, 1.165) is 77.9 Å². The van der Waals surface area contributed by atoms with E-state index < -0.39 is 17.1 Å². The lowest BCUT2D eigenvalue weighted by atomic mass is 9.72. The van der Waals surface area contributed by atoms with Crippen LogP contribution < -0.4 is 9.64 Å². The van der Waals surface area contributed by atoms with E-state index in [1.807, 2.05) is 18.9 Å². The van der Waals surface area contributed by atoms with Crippen LogP contribution in [0.1, 0.15) is 56.3 Å². The molecule has 1 aromatic carbocycles. The minimum atomic E-state index is -2.02. The van der Waals surface area contributed by atoms with Crippen LogP contribution >= 0.6 is 0 Å². The number of hydrazine groups is 1. The number of hydrogen-bond acceptors (Lipinski definition) is 9. The number of aromatic nitrogens is 2. The summed E-state index contributed by atoms with van der Waals surface area (Å²) < 4.78 is 49.9.